The van der Waals surface area contributed by atoms with Crippen LogP contribution in [0.2, 0.25) is 0 Å². The van der Waals surface area contributed by atoms with E-state index in [2.05, 4.69) is 33.8 Å². The molecule has 0 aliphatic rings. The lowest BCUT2D eigenvalue weighted by molar-refractivity contribution is 0.411. The van der Waals surface area contributed by atoms with Crippen LogP contribution < -0.4 is 15.4 Å². The molecular weight excluding hydrogens is 501 g/mol. The first-order valence-electron chi connectivity index (χ1n) is 9.28. The second-order valence-corrected chi connectivity index (χ2v) is 8.61. The van der Waals surface area contributed by atoms with Gasteiger partial charge in [0.2, 0.25) is 0 Å². The number of sulfone groups is 1. The van der Waals surface area contributed by atoms with Gasteiger partial charge in [-0.15, -0.1) is 24.0 Å². The number of halogens is 1. The molecule has 0 heterocycles. The van der Waals surface area contributed by atoms with Crippen molar-refractivity contribution < 1.29 is 13.2 Å². The molecule has 0 saturated carbocycles. The van der Waals surface area contributed by atoms with Crippen molar-refractivity contribution in [2.45, 2.75) is 31.7 Å². The predicted octanol–water partition coefficient (Wildman–Crippen LogP) is 3.32. The number of guanidine groups is 1. The van der Waals surface area contributed by atoms with Gasteiger partial charge in [-0.05, 0) is 55.2 Å². The summed E-state index contributed by atoms with van der Waals surface area (Å²) >= 11 is 0. The third-order valence-corrected chi connectivity index (χ3v) is 5.42. The largest absolute Gasteiger partial charge is 0.496 e. The van der Waals surface area contributed by atoms with Gasteiger partial charge in [-0.25, -0.2) is 13.4 Å². The lowest BCUT2D eigenvalue weighted by atomic mass is 10.1. The normalized spacial score (nSPS) is 11.5. The zero-order chi connectivity index (χ0) is 20.6. The highest BCUT2D eigenvalue weighted by molar-refractivity contribution is 14.0. The fraction of sp³-hybridized carbons (Fsp3) is 0.381. The van der Waals surface area contributed by atoms with Crippen molar-refractivity contribution in [3.63, 3.8) is 0 Å². The summed E-state index contributed by atoms with van der Waals surface area (Å²) in [6, 6.07) is 13.0. The van der Waals surface area contributed by atoms with Gasteiger partial charge in [0.05, 0.1) is 18.6 Å². The van der Waals surface area contributed by atoms with E-state index in [1.165, 1.54) is 11.8 Å². The van der Waals surface area contributed by atoms with Crippen LogP contribution in [0, 0.1) is 6.92 Å². The summed E-state index contributed by atoms with van der Waals surface area (Å²) in [4.78, 5) is 4.89. The standard InChI is InChI=1S/C21H29N3O3S.HI/c1-5-22-21(23-13-12-17-7-6-16(2)20(14-17)27-3)24-15-18-8-10-19(11-9-18)28(4,25)26;/h6-11,14H,5,12-13,15H2,1-4H3,(H2,22,23,24);1H. The van der Waals surface area contributed by atoms with Gasteiger partial charge in [-0.2, -0.15) is 0 Å². The molecule has 0 atom stereocenters. The molecule has 29 heavy (non-hydrogen) atoms. The van der Waals surface area contributed by atoms with Crippen molar-refractivity contribution in [1.29, 1.82) is 0 Å². The minimum Gasteiger partial charge on any atom is -0.496 e. The number of aryl methyl sites for hydroxylation is 1. The maximum absolute atomic E-state index is 11.5. The van der Waals surface area contributed by atoms with E-state index in [9.17, 15) is 8.42 Å². The number of methoxy groups -OCH3 is 1. The first kappa shape index (κ1) is 25.2. The zero-order valence-electron chi connectivity index (χ0n) is 17.4. The van der Waals surface area contributed by atoms with Crippen LogP contribution in [-0.2, 0) is 22.8 Å². The van der Waals surface area contributed by atoms with Gasteiger partial charge in [-0.1, -0.05) is 24.3 Å². The number of hydrogen-bond acceptors (Lipinski definition) is 4. The maximum Gasteiger partial charge on any atom is 0.191 e. The Morgan fingerprint density at radius 1 is 1.07 bits per heavy atom. The lowest BCUT2D eigenvalue weighted by Crippen LogP contribution is -2.38. The quantitative estimate of drug-likeness (QED) is 0.311. The minimum absolute atomic E-state index is 0. The van der Waals surface area contributed by atoms with E-state index in [4.69, 9.17) is 4.74 Å². The third-order valence-electron chi connectivity index (χ3n) is 4.29. The van der Waals surface area contributed by atoms with Crippen molar-refractivity contribution in [2.75, 3.05) is 26.5 Å². The summed E-state index contributed by atoms with van der Waals surface area (Å²) in [5.41, 5.74) is 3.27. The number of nitrogens with one attached hydrogen (secondary N) is 2. The molecule has 2 rings (SSSR count). The van der Waals surface area contributed by atoms with Crippen LogP contribution in [-0.4, -0.2) is 40.8 Å². The van der Waals surface area contributed by atoms with E-state index in [0.717, 1.165) is 42.3 Å². The van der Waals surface area contributed by atoms with Gasteiger partial charge in [0.1, 0.15) is 5.75 Å². The molecule has 2 aromatic rings. The van der Waals surface area contributed by atoms with Crippen molar-refractivity contribution in [1.82, 2.24) is 10.6 Å². The molecule has 0 saturated heterocycles. The third kappa shape index (κ3) is 8.22. The number of hydrogen-bond donors (Lipinski definition) is 2. The van der Waals surface area contributed by atoms with E-state index in [1.54, 1.807) is 31.4 Å². The fourth-order valence-electron chi connectivity index (χ4n) is 2.70. The molecule has 0 spiro atoms. The summed E-state index contributed by atoms with van der Waals surface area (Å²) in [6.45, 7) is 6.02. The second-order valence-electron chi connectivity index (χ2n) is 6.59. The van der Waals surface area contributed by atoms with Crippen molar-refractivity contribution in [3.05, 3.63) is 59.2 Å². The summed E-state index contributed by atoms with van der Waals surface area (Å²) in [6.07, 6.45) is 2.06. The molecule has 0 radical (unpaired) electrons. The second kappa shape index (κ2) is 12.0. The summed E-state index contributed by atoms with van der Waals surface area (Å²) in [5, 5.41) is 6.55. The predicted molar refractivity (Wildman–Crippen MR) is 129 cm³/mol. The molecule has 0 aromatic heterocycles. The molecule has 8 heteroatoms. The van der Waals surface area contributed by atoms with Crippen LogP contribution in [0.4, 0.5) is 0 Å². The Labute approximate surface area is 191 Å². The van der Waals surface area contributed by atoms with E-state index in [1.807, 2.05) is 13.8 Å². The van der Waals surface area contributed by atoms with E-state index in [-0.39, 0.29) is 24.0 Å². The van der Waals surface area contributed by atoms with Gasteiger partial charge < -0.3 is 15.4 Å². The molecule has 0 unspecified atom stereocenters. The number of nitrogens with zero attached hydrogens (tertiary/aromatic N) is 1. The summed E-state index contributed by atoms with van der Waals surface area (Å²) in [5.74, 6) is 1.63. The summed E-state index contributed by atoms with van der Waals surface area (Å²) in [7, 11) is -1.49. The van der Waals surface area contributed by atoms with Gasteiger partial charge in [-0.3, -0.25) is 0 Å². The van der Waals surface area contributed by atoms with Crippen LogP contribution in [0.1, 0.15) is 23.6 Å². The van der Waals surface area contributed by atoms with Crippen molar-refractivity contribution in [3.8, 4) is 5.75 Å². The Hall–Kier alpha value is -1.81. The van der Waals surface area contributed by atoms with Crippen LogP contribution in [0.3, 0.4) is 0 Å². The van der Waals surface area contributed by atoms with Gasteiger partial charge in [0.25, 0.3) is 0 Å². The fourth-order valence-corrected chi connectivity index (χ4v) is 3.33. The van der Waals surface area contributed by atoms with Crippen LogP contribution in [0.5, 0.6) is 5.75 Å². The topological polar surface area (TPSA) is 79.8 Å². The Bertz CT molecular complexity index is 913. The van der Waals surface area contributed by atoms with E-state index in [0.29, 0.717) is 11.4 Å². The molecular formula is C21H30IN3O3S. The Morgan fingerprint density at radius 3 is 2.31 bits per heavy atom. The number of ether oxygens (including phenoxy) is 1. The molecule has 0 bridgehead atoms. The first-order valence-corrected chi connectivity index (χ1v) is 11.2. The first-order chi connectivity index (χ1) is 13.3. The van der Waals surface area contributed by atoms with Gasteiger partial charge >= 0.3 is 0 Å². The monoisotopic (exact) mass is 531 g/mol. The van der Waals surface area contributed by atoms with E-state index >= 15 is 0 Å². The van der Waals surface area contributed by atoms with Gasteiger partial charge in [0, 0.05) is 19.3 Å². The average Bonchev–Trinajstić information content (AvgIpc) is 2.67. The Balaban J connectivity index is 0.00000420. The molecule has 0 amide bonds. The Morgan fingerprint density at radius 2 is 1.72 bits per heavy atom. The van der Waals surface area contributed by atoms with Crippen LogP contribution in [0.15, 0.2) is 52.4 Å². The minimum atomic E-state index is -3.18. The molecule has 2 aromatic carbocycles. The zero-order valence-corrected chi connectivity index (χ0v) is 20.5. The number of benzene rings is 2. The molecule has 160 valence electrons. The lowest BCUT2D eigenvalue weighted by Gasteiger charge is -2.12. The average molecular weight is 531 g/mol. The number of rotatable bonds is 8. The smallest absolute Gasteiger partial charge is 0.191 e. The Kier molecular flexibility index (Phi) is 10.5. The summed E-state index contributed by atoms with van der Waals surface area (Å²) < 4.78 is 28.4. The maximum atomic E-state index is 11.5. The molecule has 6 nitrogen and oxygen atoms in total. The molecule has 0 fully saturated rings. The highest BCUT2D eigenvalue weighted by Crippen LogP contribution is 2.19. The number of aliphatic imine (C=N–C) groups is 1. The van der Waals surface area contributed by atoms with Crippen molar-refractivity contribution >= 4 is 39.8 Å². The molecule has 0 aliphatic heterocycles. The van der Waals surface area contributed by atoms with Crippen molar-refractivity contribution in [2.24, 2.45) is 4.99 Å². The highest BCUT2D eigenvalue weighted by Gasteiger charge is 2.06. The molecule has 2 N–H and O–H groups in total. The SMILES string of the molecule is CCNC(=NCc1ccc(S(C)(=O)=O)cc1)NCCc1ccc(C)c(OC)c1.I. The van der Waals surface area contributed by atoms with Gasteiger partial charge in [0.15, 0.2) is 15.8 Å². The highest BCUT2D eigenvalue weighted by atomic mass is 127. The van der Waals surface area contributed by atoms with Crippen LogP contribution >= 0.6 is 24.0 Å². The molecule has 0 aliphatic carbocycles. The van der Waals surface area contributed by atoms with Crippen LogP contribution in [0.25, 0.3) is 0 Å². The van der Waals surface area contributed by atoms with E-state index < -0.39 is 9.84 Å².